The van der Waals surface area contributed by atoms with Gasteiger partial charge in [0.2, 0.25) is 0 Å². The molecule has 0 saturated heterocycles. The lowest BCUT2D eigenvalue weighted by atomic mass is 10.1. The fourth-order valence-corrected chi connectivity index (χ4v) is 1.91. The smallest absolute Gasteiger partial charge is 0.414 e. The van der Waals surface area contributed by atoms with Crippen molar-refractivity contribution in [1.29, 1.82) is 0 Å². The van der Waals surface area contributed by atoms with Crippen LogP contribution in [0.1, 0.15) is 11.1 Å². The van der Waals surface area contributed by atoms with Crippen LogP contribution in [0.2, 0.25) is 0 Å². The van der Waals surface area contributed by atoms with Crippen LogP contribution in [-0.2, 0) is 11.3 Å². The number of carbonyl (C=O) groups excluding carboxylic acids is 1. The second kappa shape index (κ2) is 3.28. The minimum atomic E-state index is -0.292. The van der Waals surface area contributed by atoms with Gasteiger partial charge in [0, 0.05) is 17.1 Å². The SMILES string of the molecule is Cc1c(Br)ccc2c1COC(=O)N2C. The summed E-state index contributed by atoms with van der Waals surface area (Å²) in [6.07, 6.45) is -0.292. The first kappa shape index (κ1) is 9.52. The molecule has 1 aromatic rings. The molecule has 2 rings (SSSR count). The summed E-state index contributed by atoms with van der Waals surface area (Å²) in [5, 5.41) is 0. The second-order valence-electron chi connectivity index (χ2n) is 3.28. The summed E-state index contributed by atoms with van der Waals surface area (Å²) >= 11 is 3.45. The Bertz CT molecular complexity index is 403. The number of halogens is 1. The predicted molar refractivity (Wildman–Crippen MR) is 57.5 cm³/mol. The number of rotatable bonds is 0. The molecule has 0 radical (unpaired) electrons. The van der Waals surface area contributed by atoms with Crippen molar-refractivity contribution in [1.82, 2.24) is 0 Å². The quantitative estimate of drug-likeness (QED) is 0.714. The largest absolute Gasteiger partial charge is 0.444 e. The fraction of sp³-hybridized carbons (Fsp3) is 0.300. The Kier molecular flexibility index (Phi) is 2.23. The van der Waals surface area contributed by atoms with E-state index >= 15 is 0 Å². The van der Waals surface area contributed by atoms with Crippen molar-refractivity contribution < 1.29 is 9.53 Å². The second-order valence-corrected chi connectivity index (χ2v) is 4.14. The molecule has 0 saturated carbocycles. The first-order valence-electron chi connectivity index (χ1n) is 4.29. The normalized spacial score (nSPS) is 15.1. The molecular formula is C10H10BrNO2. The third-order valence-corrected chi connectivity index (χ3v) is 3.34. The molecule has 0 atom stereocenters. The lowest BCUT2D eigenvalue weighted by molar-refractivity contribution is 0.143. The highest BCUT2D eigenvalue weighted by atomic mass is 79.9. The molecule has 1 amide bonds. The topological polar surface area (TPSA) is 29.5 Å². The van der Waals surface area contributed by atoms with Crippen LogP contribution in [0.25, 0.3) is 0 Å². The van der Waals surface area contributed by atoms with Gasteiger partial charge in [0.15, 0.2) is 0 Å². The molecule has 0 unspecified atom stereocenters. The zero-order chi connectivity index (χ0) is 10.3. The van der Waals surface area contributed by atoms with E-state index in [2.05, 4.69) is 15.9 Å². The highest BCUT2D eigenvalue weighted by molar-refractivity contribution is 9.10. The minimum Gasteiger partial charge on any atom is -0.444 e. The van der Waals surface area contributed by atoms with Crippen molar-refractivity contribution in [2.75, 3.05) is 11.9 Å². The van der Waals surface area contributed by atoms with Gasteiger partial charge in [-0.25, -0.2) is 4.79 Å². The molecule has 0 spiro atoms. The number of benzene rings is 1. The van der Waals surface area contributed by atoms with Crippen LogP contribution in [0.15, 0.2) is 16.6 Å². The van der Waals surface area contributed by atoms with E-state index in [1.165, 1.54) is 4.90 Å². The molecule has 1 heterocycles. The number of carbonyl (C=O) groups is 1. The Morgan fingerprint density at radius 2 is 2.21 bits per heavy atom. The van der Waals surface area contributed by atoms with E-state index in [4.69, 9.17) is 4.74 Å². The molecular weight excluding hydrogens is 246 g/mol. The number of nitrogens with zero attached hydrogens (tertiary/aromatic N) is 1. The summed E-state index contributed by atoms with van der Waals surface area (Å²) in [7, 11) is 1.72. The van der Waals surface area contributed by atoms with Crippen molar-refractivity contribution in [3.8, 4) is 0 Å². The lowest BCUT2D eigenvalue weighted by Crippen LogP contribution is -2.32. The maximum Gasteiger partial charge on any atom is 0.414 e. The Morgan fingerprint density at radius 1 is 1.50 bits per heavy atom. The number of ether oxygens (including phenoxy) is 1. The summed E-state index contributed by atoms with van der Waals surface area (Å²) in [4.78, 5) is 12.8. The van der Waals surface area contributed by atoms with Crippen LogP contribution >= 0.6 is 15.9 Å². The molecule has 0 aliphatic carbocycles. The summed E-state index contributed by atoms with van der Waals surface area (Å²) in [6, 6.07) is 3.87. The molecule has 0 aromatic heterocycles. The third-order valence-electron chi connectivity index (χ3n) is 2.48. The highest BCUT2D eigenvalue weighted by Gasteiger charge is 2.23. The number of hydrogen-bond donors (Lipinski definition) is 0. The molecule has 0 N–H and O–H groups in total. The molecule has 0 fully saturated rings. The van der Waals surface area contributed by atoms with Crippen LogP contribution in [0, 0.1) is 6.92 Å². The Hall–Kier alpha value is -1.03. The average molecular weight is 256 g/mol. The van der Waals surface area contributed by atoms with E-state index in [0.29, 0.717) is 6.61 Å². The van der Waals surface area contributed by atoms with Crippen molar-refractivity contribution >= 4 is 27.7 Å². The van der Waals surface area contributed by atoms with Crippen LogP contribution in [-0.4, -0.2) is 13.1 Å². The van der Waals surface area contributed by atoms with Crippen LogP contribution < -0.4 is 4.90 Å². The van der Waals surface area contributed by atoms with E-state index in [0.717, 1.165) is 21.3 Å². The monoisotopic (exact) mass is 255 g/mol. The minimum absolute atomic E-state index is 0.292. The van der Waals surface area contributed by atoms with Gasteiger partial charge in [-0.15, -0.1) is 0 Å². The van der Waals surface area contributed by atoms with Crippen LogP contribution in [0.3, 0.4) is 0 Å². The van der Waals surface area contributed by atoms with Crippen molar-refractivity contribution in [2.24, 2.45) is 0 Å². The molecule has 3 nitrogen and oxygen atoms in total. The Balaban J connectivity index is 2.59. The van der Waals surface area contributed by atoms with Crippen molar-refractivity contribution in [3.05, 3.63) is 27.7 Å². The standard InChI is InChI=1S/C10H10BrNO2/c1-6-7-5-14-10(13)12(2)9(7)4-3-8(6)11/h3-4H,5H2,1-2H3. The van der Waals surface area contributed by atoms with E-state index in [9.17, 15) is 4.79 Å². The Morgan fingerprint density at radius 3 is 2.93 bits per heavy atom. The van der Waals surface area contributed by atoms with E-state index in [1.807, 2.05) is 19.1 Å². The molecule has 1 aliphatic heterocycles. The zero-order valence-corrected chi connectivity index (χ0v) is 9.59. The maximum absolute atomic E-state index is 11.2. The lowest BCUT2D eigenvalue weighted by Gasteiger charge is -2.27. The van der Waals surface area contributed by atoms with Crippen molar-refractivity contribution in [2.45, 2.75) is 13.5 Å². The van der Waals surface area contributed by atoms with Gasteiger partial charge < -0.3 is 4.74 Å². The number of anilines is 1. The number of hydrogen-bond acceptors (Lipinski definition) is 2. The first-order chi connectivity index (χ1) is 6.61. The van der Waals surface area contributed by atoms with E-state index in [-0.39, 0.29) is 6.09 Å². The van der Waals surface area contributed by atoms with Gasteiger partial charge in [-0.05, 0) is 24.6 Å². The van der Waals surface area contributed by atoms with Gasteiger partial charge >= 0.3 is 6.09 Å². The molecule has 4 heteroatoms. The van der Waals surface area contributed by atoms with E-state index in [1.54, 1.807) is 7.05 Å². The van der Waals surface area contributed by atoms with Crippen LogP contribution in [0.4, 0.5) is 10.5 Å². The van der Waals surface area contributed by atoms with Gasteiger partial charge in [0.05, 0.1) is 5.69 Å². The number of fused-ring (bicyclic) bond motifs is 1. The zero-order valence-electron chi connectivity index (χ0n) is 8.00. The predicted octanol–water partition coefficient (Wildman–Crippen LogP) is 2.84. The number of amides is 1. The van der Waals surface area contributed by atoms with Gasteiger partial charge in [-0.2, -0.15) is 0 Å². The first-order valence-corrected chi connectivity index (χ1v) is 5.09. The molecule has 1 aromatic carbocycles. The van der Waals surface area contributed by atoms with Gasteiger partial charge in [0.25, 0.3) is 0 Å². The average Bonchev–Trinajstić information content (AvgIpc) is 2.17. The van der Waals surface area contributed by atoms with Gasteiger partial charge in [-0.3, -0.25) is 4.90 Å². The molecule has 14 heavy (non-hydrogen) atoms. The summed E-state index contributed by atoms with van der Waals surface area (Å²) in [5.74, 6) is 0. The summed E-state index contributed by atoms with van der Waals surface area (Å²) < 4.78 is 6.06. The number of cyclic esters (lactones) is 1. The third kappa shape index (κ3) is 1.30. The van der Waals surface area contributed by atoms with Crippen molar-refractivity contribution in [3.63, 3.8) is 0 Å². The molecule has 1 aliphatic rings. The summed E-state index contributed by atoms with van der Waals surface area (Å²) in [6.45, 7) is 2.37. The Labute approximate surface area is 90.8 Å². The van der Waals surface area contributed by atoms with Gasteiger partial charge in [0.1, 0.15) is 6.61 Å². The van der Waals surface area contributed by atoms with Gasteiger partial charge in [-0.1, -0.05) is 15.9 Å². The fourth-order valence-electron chi connectivity index (χ4n) is 1.54. The highest BCUT2D eigenvalue weighted by Crippen LogP contribution is 2.32. The molecule has 0 bridgehead atoms. The molecule has 74 valence electrons. The van der Waals surface area contributed by atoms with Crippen LogP contribution in [0.5, 0.6) is 0 Å². The van der Waals surface area contributed by atoms with E-state index < -0.39 is 0 Å². The summed E-state index contributed by atoms with van der Waals surface area (Å²) in [5.41, 5.74) is 3.13. The maximum atomic E-state index is 11.2.